The Kier molecular flexibility index (Phi) is 5.95. The van der Waals surface area contributed by atoms with E-state index < -0.39 is 0 Å². The van der Waals surface area contributed by atoms with Crippen molar-refractivity contribution in [2.24, 2.45) is 0 Å². The van der Waals surface area contributed by atoms with Crippen LogP contribution in [0.1, 0.15) is 23.6 Å². The first-order valence-corrected chi connectivity index (χ1v) is 7.69. The second-order valence-electron chi connectivity index (χ2n) is 5.49. The molecule has 2 aromatic carbocycles. The Morgan fingerprint density at radius 2 is 1.92 bits per heavy atom. The Hall–Kier alpha value is -2.82. The molecular weight excluding hydrogens is 304 g/mol. The lowest BCUT2D eigenvalue weighted by Crippen LogP contribution is -2.16. The fraction of sp³-hybridized carbons (Fsp3) is 0.263. The van der Waals surface area contributed by atoms with Gasteiger partial charge in [0.05, 0.1) is 7.11 Å². The summed E-state index contributed by atoms with van der Waals surface area (Å²) in [5.74, 6) is 0.370. The van der Waals surface area contributed by atoms with Crippen molar-refractivity contribution in [2.75, 3.05) is 19.0 Å². The maximum atomic E-state index is 11.3. The van der Waals surface area contributed by atoms with Crippen LogP contribution in [-0.2, 0) is 16.1 Å². The van der Waals surface area contributed by atoms with Gasteiger partial charge >= 0.3 is 5.97 Å². The van der Waals surface area contributed by atoms with E-state index in [1.165, 1.54) is 7.11 Å². The molecule has 5 heteroatoms. The Balaban J connectivity index is 2.19. The van der Waals surface area contributed by atoms with E-state index in [4.69, 9.17) is 10.1 Å². The van der Waals surface area contributed by atoms with Gasteiger partial charge in [0.1, 0.15) is 18.9 Å². The highest BCUT2D eigenvalue weighted by molar-refractivity contribution is 6.02. The van der Waals surface area contributed by atoms with Crippen LogP contribution in [0, 0.1) is 12.3 Å². The van der Waals surface area contributed by atoms with Gasteiger partial charge in [-0.05, 0) is 37.1 Å². The second kappa shape index (κ2) is 8.15. The van der Waals surface area contributed by atoms with E-state index in [0.717, 1.165) is 22.6 Å². The number of carbonyl (C=O) groups is 1. The minimum atomic E-state index is -0.356. The average molecular weight is 326 g/mol. The topological polar surface area (TPSA) is 71.4 Å². The quantitative estimate of drug-likeness (QED) is 0.603. The average Bonchev–Trinajstić information content (AvgIpc) is 2.59. The van der Waals surface area contributed by atoms with Crippen LogP contribution in [0.25, 0.3) is 0 Å². The first-order chi connectivity index (χ1) is 11.5. The smallest absolute Gasteiger partial charge is 0.325 e. The SMILES string of the molecule is COC(=O)CNc1cc(C)c(OCc2ccccc2)cc1C(C)=N. The van der Waals surface area contributed by atoms with Crippen molar-refractivity contribution in [3.05, 3.63) is 59.2 Å². The lowest BCUT2D eigenvalue weighted by molar-refractivity contribution is -0.138. The molecule has 0 bridgehead atoms. The van der Waals surface area contributed by atoms with Crippen molar-refractivity contribution >= 4 is 17.4 Å². The predicted molar refractivity (Wildman–Crippen MR) is 95.0 cm³/mol. The number of anilines is 1. The summed E-state index contributed by atoms with van der Waals surface area (Å²) < 4.78 is 10.5. The third-order valence-corrected chi connectivity index (χ3v) is 3.61. The number of esters is 1. The lowest BCUT2D eigenvalue weighted by atomic mass is 10.0. The number of rotatable bonds is 7. The van der Waals surface area contributed by atoms with Crippen LogP contribution >= 0.6 is 0 Å². The fourth-order valence-electron chi connectivity index (χ4n) is 2.27. The number of hydrogen-bond donors (Lipinski definition) is 2. The van der Waals surface area contributed by atoms with Gasteiger partial charge in [0, 0.05) is 17.0 Å². The Morgan fingerprint density at radius 3 is 2.54 bits per heavy atom. The molecule has 0 fully saturated rings. The molecular formula is C19H22N2O3. The van der Waals surface area contributed by atoms with Crippen molar-refractivity contribution in [3.63, 3.8) is 0 Å². The van der Waals surface area contributed by atoms with E-state index in [2.05, 4.69) is 10.1 Å². The minimum absolute atomic E-state index is 0.0560. The Morgan fingerprint density at radius 1 is 1.21 bits per heavy atom. The highest BCUT2D eigenvalue weighted by atomic mass is 16.5. The van der Waals surface area contributed by atoms with Crippen LogP contribution in [-0.4, -0.2) is 25.3 Å². The summed E-state index contributed by atoms with van der Waals surface area (Å²) in [5, 5.41) is 11.0. The molecule has 0 radical (unpaired) electrons. The van der Waals surface area contributed by atoms with Crippen LogP contribution < -0.4 is 10.1 Å². The van der Waals surface area contributed by atoms with E-state index in [0.29, 0.717) is 17.9 Å². The molecule has 0 aromatic heterocycles. The lowest BCUT2D eigenvalue weighted by Gasteiger charge is -2.16. The molecule has 2 aromatic rings. The summed E-state index contributed by atoms with van der Waals surface area (Å²) in [5.41, 5.74) is 3.83. The highest BCUT2D eigenvalue weighted by Gasteiger charge is 2.12. The predicted octanol–water partition coefficient (Wildman–Crippen LogP) is 3.55. The zero-order valence-corrected chi connectivity index (χ0v) is 14.2. The molecule has 0 heterocycles. The molecule has 0 saturated heterocycles. The van der Waals surface area contributed by atoms with Gasteiger partial charge in [-0.1, -0.05) is 30.3 Å². The van der Waals surface area contributed by atoms with E-state index in [1.54, 1.807) is 6.92 Å². The molecule has 0 amide bonds. The molecule has 126 valence electrons. The van der Waals surface area contributed by atoms with Crippen LogP contribution in [0.3, 0.4) is 0 Å². The van der Waals surface area contributed by atoms with Crippen LogP contribution in [0.4, 0.5) is 5.69 Å². The number of benzene rings is 2. The van der Waals surface area contributed by atoms with Crippen LogP contribution in [0.2, 0.25) is 0 Å². The number of hydrogen-bond acceptors (Lipinski definition) is 5. The molecule has 0 spiro atoms. The molecule has 24 heavy (non-hydrogen) atoms. The van der Waals surface area contributed by atoms with Gasteiger partial charge in [-0.25, -0.2) is 0 Å². The van der Waals surface area contributed by atoms with E-state index >= 15 is 0 Å². The first-order valence-electron chi connectivity index (χ1n) is 7.69. The standard InChI is InChI=1S/C19H22N2O3/c1-13-9-17(21-11-19(22)23-3)16(14(2)20)10-18(13)24-12-15-7-5-4-6-8-15/h4-10,20-21H,11-12H2,1-3H3. The summed E-state index contributed by atoms with van der Waals surface area (Å²) in [6.07, 6.45) is 0. The number of ether oxygens (including phenoxy) is 2. The molecule has 0 aliphatic carbocycles. The van der Waals surface area contributed by atoms with Crippen molar-refractivity contribution in [1.29, 1.82) is 5.41 Å². The zero-order valence-electron chi connectivity index (χ0n) is 14.2. The van der Waals surface area contributed by atoms with Gasteiger partial charge < -0.3 is 20.2 Å². The van der Waals surface area contributed by atoms with Crippen molar-refractivity contribution in [2.45, 2.75) is 20.5 Å². The van der Waals surface area contributed by atoms with Crippen molar-refractivity contribution < 1.29 is 14.3 Å². The first kappa shape index (κ1) is 17.5. The van der Waals surface area contributed by atoms with Crippen molar-refractivity contribution in [1.82, 2.24) is 0 Å². The molecule has 0 atom stereocenters. The molecule has 2 rings (SSSR count). The van der Waals surface area contributed by atoms with Gasteiger partial charge in [0.2, 0.25) is 0 Å². The monoisotopic (exact) mass is 326 g/mol. The molecule has 0 aliphatic heterocycles. The number of aryl methyl sites for hydroxylation is 1. The third-order valence-electron chi connectivity index (χ3n) is 3.61. The van der Waals surface area contributed by atoms with E-state index in [1.807, 2.05) is 49.4 Å². The summed E-state index contributed by atoms with van der Waals surface area (Å²) in [6, 6.07) is 13.6. The highest BCUT2D eigenvalue weighted by Crippen LogP contribution is 2.28. The Labute approximate surface area is 142 Å². The molecule has 0 unspecified atom stereocenters. The Bertz CT molecular complexity index is 727. The van der Waals surface area contributed by atoms with E-state index in [9.17, 15) is 4.79 Å². The largest absolute Gasteiger partial charge is 0.489 e. The number of methoxy groups -OCH3 is 1. The summed E-state index contributed by atoms with van der Waals surface area (Å²) in [7, 11) is 1.35. The second-order valence-corrected chi connectivity index (χ2v) is 5.49. The fourth-order valence-corrected chi connectivity index (χ4v) is 2.27. The summed E-state index contributed by atoms with van der Waals surface area (Å²) >= 11 is 0. The van der Waals surface area contributed by atoms with Crippen LogP contribution in [0.5, 0.6) is 5.75 Å². The number of nitrogens with one attached hydrogen (secondary N) is 2. The zero-order chi connectivity index (χ0) is 17.5. The summed E-state index contributed by atoms with van der Waals surface area (Å²) in [6.45, 7) is 4.16. The maximum absolute atomic E-state index is 11.3. The van der Waals surface area contributed by atoms with E-state index in [-0.39, 0.29) is 12.5 Å². The van der Waals surface area contributed by atoms with Crippen molar-refractivity contribution in [3.8, 4) is 5.75 Å². The van der Waals surface area contributed by atoms with Gasteiger partial charge in [0.25, 0.3) is 0 Å². The minimum Gasteiger partial charge on any atom is -0.489 e. The molecule has 0 aliphatic rings. The number of carbonyl (C=O) groups excluding carboxylic acids is 1. The van der Waals surface area contributed by atoms with Crippen LogP contribution in [0.15, 0.2) is 42.5 Å². The third kappa shape index (κ3) is 4.59. The normalized spacial score (nSPS) is 10.1. The van der Waals surface area contributed by atoms with Gasteiger partial charge in [-0.3, -0.25) is 4.79 Å². The van der Waals surface area contributed by atoms with Gasteiger partial charge in [-0.2, -0.15) is 0 Å². The molecule has 0 saturated carbocycles. The molecule has 2 N–H and O–H groups in total. The summed E-state index contributed by atoms with van der Waals surface area (Å²) in [4.78, 5) is 11.3. The van der Waals surface area contributed by atoms with Gasteiger partial charge in [-0.15, -0.1) is 0 Å². The van der Waals surface area contributed by atoms with Gasteiger partial charge in [0.15, 0.2) is 0 Å². The maximum Gasteiger partial charge on any atom is 0.325 e. The molecule has 5 nitrogen and oxygen atoms in total.